The zero-order valence-electron chi connectivity index (χ0n) is 48.5. The van der Waals surface area contributed by atoms with E-state index in [4.69, 9.17) is 9.47 Å². The first-order valence-corrected chi connectivity index (χ1v) is 32.2. The standard InChI is InChI=1S/C67H124O5/c1-3-5-7-9-11-13-15-17-19-21-23-25-26-27-28-29-30-31-32-33-34-35-36-37-38-39-40-42-43-45-47-49-51-53-55-57-59-61-66(69)71-64-65(63-68)72-67(70)62-60-58-56-54-52-50-48-46-44-41-24-22-20-18-16-14-12-10-8-6-4-2/h6,8,12,14,18,20,24,41,65,68H,3-5,7,9-11,13,15-17,19,21-23,25-40,42-64H2,1-2H3/b8-6-,14-12-,20-18-,41-24-. The quantitative estimate of drug-likeness (QED) is 0.0373. The van der Waals surface area contributed by atoms with Crippen LogP contribution in [-0.4, -0.2) is 36.4 Å². The van der Waals surface area contributed by atoms with Gasteiger partial charge in [0.05, 0.1) is 6.61 Å². The second-order valence-electron chi connectivity index (χ2n) is 21.8. The van der Waals surface area contributed by atoms with E-state index in [1.165, 1.54) is 250 Å². The number of esters is 2. The highest BCUT2D eigenvalue weighted by Crippen LogP contribution is 2.18. The van der Waals surface area contributed by atoms with E-state index >= 15 is 0 Å². The summed E-state index contributed by atoms with van der Waals surface area (Å²) in [6.45, 7) is 4.07. The lowest BCUT2D eigenvalue weighted by Crippen LogP contribution is -2.28. The summed E-state index contributed by atoms with van der Waals surface area (Å²) in [6, 6.07) is 0. The molecule has 0 aliphatic rings. The largest absolute Gasteiger partial charge is 0.462 e. The normalized spacial score (nSPS) is 12.4. The van der Waals surface area contributed by atoms with Gasteiger partial charge in [-0.15, -0.1) is 0 Å². The van der Waals surface area contributed by atoms with Crippen molar-refractivity contribution in [3.8, 4) is 0 Å². The third kappa shape index (κ3) is 60.4. The van der Waals surface area contributed by atoms with Crippen LogP contribution >= 0.6 is 0 Å². The maximum absolute atomic E-state index is 12.3. The van der Waals surface area contributed by atoms with Crippen LogP contribution in [0.1, 0.15) is 348 Å². The van der Waals surface area contributed by atoms with Crippen LogP contribution in [0.15, 0.2) is 48.6 Å². The van der Waals surface area contributed by atoms with Gasteiger partial charge < -0.3 is 14.6 Å². The molecule has 0 aliphatic carbocycles. The Morgan fingerprint density at radius 3 is 0.903 bits per heavy atom. The molecule has 72 heavy (non-hydrogen) atoms. The van der Waals surface area contributed by atoms with Gasteiger partial charge in [-0.05, 0) is 51.4 Å². The molecule has 0 heterocycles. The van der Waals surface area contributed by atoms with E-state index in [0.717, 1.165) is 70.6 Å². The van der Waals surface area contributed by atoms with Crippen molar-refractivity contribution in [2.24, 2.45) is 0 Å². The number of unbranched alkanes of at least 4 members (excludes halogenated alkanes) is 44. The van der Waals surface area contributed by atoms with E-state index in [1.54, 1.807) is 0 Å². The van der Waals surface area contributed by atoms with Gasteiger partial charge in [0.2, 0.25) is 0 Å². The summed E-state index contributed by atoms with van der Waals surface area (Å²) in [4.78, 5) is 24.6. The number of aliphatic hydroxyl groups is 1. The smallest absolute Gasteiger partial charge is 0.306 e. The summed E-state index contributed by atoms with van der Waals surface area (Å²) in [5.41, 5.74) is 0. The first kappa shape index (κ1) is 69.9. The molecule has 0 aromatic rings. The lowest BCUT2D eigenvalue weighted by Gasteiger charge is -2.15. The number of carbonyl (C=O) groups excluding carboxylic acids is 2. The fourth-order valence-electron chi connectivity index (χ4n) is 9.85. The molecule has 422 valence electrons. The Morgan fingerprint density at radius 2 is 0.597 bits per heavy atom. The number of allylic oxidation sites excluding steroid dienone is 8. The van der Waals surface area contributed by atoms with E-state index in [2.05, 4.69) is 62.5 Å². The average Bonchev–Trinajstić information content (AvgIpc) is 3.38. The summed E-state index contributed by atoms with van der Waals surface area (Å²) < 4.78 is 10.7. The van der Waals surface area contributed by atoms with Gasteiger partial charge in [0.15, 0.2) is 6.10 Å². The Kier molecular flexibility index (Phi) is 61.3. The van der Waals surface area contributed by atoms with Crippen molar-refractivity contribution in [3.63, 3.8) is 0 Å². The van der Waals surface area contributed by atoms with Gasteiger partial charge in [-0.3, -0.25) is 9.59 Å². The zero-order valence-corrected chi connectivity index (χ0v) is 48.5. The molecule has 0 rings (SSSR count). The summed E-state index contributed by atoms with van der Waals surface area (Å²) in [5, 5.41) is 9.67. The Labute approximate surface area is 449 Å². The van der Waals surface area contributed by atoms with E-state index in [9.17, 15) is 14.7 Å². The molecular weight excluding hydrogens is 885 g/mol. The molecule has 1 unspecified atom stereocenters. The number of carbonyl (C=O) groups is 2. The highest BCUT2D eigenvalue weighted by Gasteiger charge is 2.16. The maximum atomic E-state index is 12.3. The van der Waals surface area contributed by atoms with Crippen LogP contribution in [0.5, 0.6) is 0 Å². The Morgan fingerprint density at radius 1 is 0.333 bits per heavy atom. The highest BCUT2D eigenvalue weighted by atomic mass is 16.6. The molecule has 0 aliphatic heterocycles. The fourth-order valence-corrected chi connectivity index (χ4v) is 9.85. The first-order chi connectivity index (χ1) is 35.6. The SMILES string of the molecule is CC/C=C\C/C=C\C/C=C\C/C=C\CCCCCCCCCCC(=O)OC(CO)COC(=O)CCCCCCCCCCCCCCCCCCCCCCCCCCCCCCCCCCCCCCC. The average molecular weight is 1010 g/mol. The van der Waals surface area contributed by atoms with E-state index < -0.39 is 6.10 Å². The molecule has 0 aromatic carbocycles. The van der Waals surface area contributed by atoms with Crippen LogP contribution in [0.25, 0.3) is 0 Å². The topological polar surface area (TPSA) is 72.8 Å². The second-order valence-corrected chi connectivity index (χ2v) is 21.8. The van der Waals surface area contributed by atoms with Gasteiger partial charge in [0, 0.05) is 12.8 Å². The van der Waals surface area contributed by atoms with E-state index in [-0.39, 0.29) is 25.2 Å². The van der Waals surface area contributed by atoms with E-state index in [1.807, 2.05) is 0 Å². The van der Waals surface area contributed by atoms with E-state index in [0.29, 0.717) is 12.8 Å². The third-order valence-electron chi connectivity index (χ3n) is 14.6. The van der Waals surface area contributed by atoms with Gasteiger partial charge in [-0.2, -0.15) is 0 Å². The van der Waals surface area contributed by atoms with Crippen LogP contribution in [0.2, 0.25) is 0 Å². The molecular formula is C67H124O5. The van der Waals surface area contributed by atoms with Gasteiger partial charge in [-0.1, -0.05) is 332 Å². The van der Waals surface area contributed by atoms with Crippen molar-refractivity contribution >= 4 is 11.9 Å². The zero-order chi connectivity index (χ0) is 52.0. The van der Waals surface area contributed by atoms with Crippen molar-refractivity contribution in [3.05, 3.63) is 48.6 Å². The number of hydrogen-bond acceptors (Lipinski definition) is 5. The predicted molar refractivity (Wildman–Crippen MR) is 316 cm³/mol. The summed E-state index contributed by atoms with van der Waals surface area (Å²) >= 11 is 0. The molecule has 0 fully saturated rings. The van der Waals surface area contributed by atoms with Crippen molar-refractivity contribution in [2.45, 2.75) is 354 Å². The first-order valence-electron chi connectivity index (χ1n) is 32.2. The lowest BCUT2D eigenvalue weighted by molar-refractivity contribution is -0.161. The summed E-state index contributed by atoms with van der Waals surface area (Å²) in [6.07, 6.45) is 84.2. The number of hydrogen-bond donors (Lipinski definition) is 1. The summed E-state index contributed by atoms with van der Waals surface area (Å²) in [5.74, 6) is -0.585. The van der Waals surface area contributed by atoms with Crippen LogP contribution in [0.4, 0.5) is 0 Å². The van der Waals surface area contributed by atoms with Crippen LogP contribution in [0.3, 0.4) is 0 Å². The summed E-state index contributed by atoms with van der Waals surface area (Å²) in [7, 11) is 0. The van der Waals surface area contributed by atoms with Crippen molar-refractivity contribution < 1.29 is 24.2 Å². The number of ether oxygens (including phenoxy) is 2. The van der Waals surface area contributed by atoms with Gasteiger partial charge in [-0.25, -0.2) is 0 Å². The molecule has 0 amide bonds. The van der Waals surface area contributed by atoms with Crippen molar-refractivity contribution in [1.82, 2.24) is 0 Å². The molecule has 0 bridgehead atoms. The highest BCUT2D eigenvalue weighted by molar-refractivity contribution is 5.70. The fraction of sp³-hybridized carbons (Fsp3) is 0.851. The van der Waals surface area contributed by atoms with Crippen LogP contribution in [0, 0.1) is 0 Å². The van der Waals surface area contributed by atoms with Gasteiger partial charge in [0.1, 0.15) is 6.61 Å². The Hall–Kier alpha value is -2.14. The maximum Gasteiger partial charge on any atom is 0.306 e. The Bertz CT molecular complexity index is 1190. The minimum Gasteiger partial charge on any atom is -0.462 e. The Balaban J connectivity index is 3.38. The molecule has 0 aromatic heterocycles. The van der Waals surface area contributed by atoms with Crippen LogP contribution < -0.4 is 0 Å². The molecule has 0 radical (unpaired) electrons. The van der Waals surface area contributed by atoms with Crippen molar-refractivity contribution in [1.29, 1.82) is 0 Å². The minimum atomic E-state index is -0.777. The van der Waals surface area contributed by atoms with Gasteiger partial charge >= 0.3 is 11.9 Å². The molecule has 1 atom stereocenters. The number of rotatable bonds is 60. The molecule has 5 nitrogen and oxygen atoms in total. The molecule has 0 saturated heterocycles. The molecule has 5 heteroatoms. The van der Waals surface area contributed by atoms with Gasteiger partial charge in [0.25, 0.3) is 0 Å². The number of aliphatic hydroxyl groups excluding tert-OH is 1. The third-order valence-corrected chi connectivity index (χ3v) is 14.6. The molecule has 0 saturated carbocycles. The van der Waals surface area contributed by atoms with Crippen LogP contribution in [-0.2, 0) is 19.1 Å². The lowest BCUT2D eigenvalue weighted by atomic mass is 10.0. The van der Waals surface area contributed by atoms with Crippen molar-refractivity contribution in [2.75, 3.05) is 13.2 Å². The molecule has 1 N–H and O–H groups in total. The predicted octanol–water partition coefficient (Wildman–Crippen LogP) is 22.0. The monoisotopic (exact) mass is 1010 g/mol. The second kappa shape index (κ2) is 63.2. The minimum absolute atomic E-state index is 0.0664. The molecule has 0 spiro atoms.